The van der Waals surface area contributed by atoms with Gasteiger partial charge in [-0.05, 0) is 32.1 Å². The van der Waals surface area contributed by atoms with E-state index >= 15 is 0 Å². The molecule has 2 atom stereocenters. The van der Waals surface area contributed by atoms with Crippen LogP contribution in [0.2, 0.25) is 0 Å². The van der Waals surface area contributed by atoms with Crippen molar-refractivity contribution in [1.82, 2.24) is 10.6 Å². The summed E-state index contributed by atoms with van der Waals surface area (Å²) in [6, 6.07) is 0. The van der Waals surface area contributed by atoms with Crippen LogP contribution in [0.15, 0.2) is 4.99 Å². The molecule has 7 heteroatoms. The molecule has 0 aromatic heterocycles. The lowest BCUT2D eigenvalue weighted by molar-refractivity contribution is 0.0258. The van der Waals surface area contributed by atoms with Crippen molar-refractivity contribution in [2.75, 3.05) is 53.2 Å². The zero-order valence-corrected chi connectivity index (χ0v) is 18.7. The van der Waals surface area contributed by atoms with Gasteiger partial charge in [-0.2, -0.15) is 0 Å². The first-order valence-corrected chi connectivity index (χ1v) is 9.39. The second-order valence-corrected chi connectivity index (χ2v) is 6.61. The van der Waals surface area contributed by atoms with Gasteiger partial charge >= 0.3 is 0 Å². The molecule has 2 N–H and O–H groups in total. The van der Waals surface area contributed by atoms with E-state index in [1.807, 2.05) is 6.92 Å². The molecule has 0 bridgehead atoms. The Morgan fingerprint density at radius 1 is 1.28 bits per heavy atom. The van der Waals surface area contributed by atoms with E-state index in [2.05, 4.69) is 29.5 Å². The average Bonchev–Trinajstić information content (AvgIpc) is 3.08. The zero-order valence-electron chi connectivity index (χ0n) is 16.4. The standard InChI is InChI=1S/C18H37N3O3.HI/c1-5-24-17(15(2)3)7-10-21-18(19-4)20-9-6-11-22-13-16-8-12-23-14-16;/h15-17H,5-14H2,1-4H3,(H2,19,20,21);1H. The molecule has 0 aromatic carbocycles. The molecule has 150 valence electrons. The minimum Gasteiger partial charge on any atom is -0.381 e. The molecule has 1 rings (SSSR count). The van der Waals surface area contributed by atoms with Crippen molar-refractivity contribution in [2.45, 2.75) is 46.1 Å². The summed E-state index contributed by atoms with van der Waals surface area (Å²) in [5.74, 6) is 1.97. The van der Waals surface area contributed by atoms with E-state index in [0.717, 1.165) is 71.3 Å². The van der Waals surface area contributed by atoms with Crippen molar-refractivity contribution in [1.29, 1.82) is 0 Å². The third-order valence-electron chi connectivity index (χ3n) is 4.20. The summed E-state index contributed by atoms with van der Waals surface area (Å²) in [6.45, 7) is 12.3. The molecule has 1 aliphatic rings. The van der Waals surface area contributed by atoms with Crippen molar-refractivity contribution in [3.05, 3.63) is 0 Å². The predicted molar refractivity (Wildman–Crippen MR) is 114 cm³/mol. The highest BCUT2D eigenvalue weighted by molar-refractivity contribution is 14.0. The Bertz CT molecular complexity index is 338. The number of guanidine groups is 1. The van der Waals surface area contributed by atoms with E-state index < -0.39 is 0 Å². The number of nitrogens with zero attached hydrogens (tertiary/aromatic N) is 1. The smallest absolute Gasteiger partial charge is 0.190 e. The second-order valence-electron chi connectivity index (χ2n) is 6.61. The van der Waals surface area contributed by atoms with Gasteiger partial charge in [-0.25, -0.2) is 0 Å². The average molecular weight is 471 g/mol. The van der Waals surface area contributed by atoms with Gasteiger partial charge < -0.3 is 24.8 Å². The molecule has 1 saturated heterocycles. The van der Waals surface area contributed by atoms with Crippen molar-refractivity contribution in [2.24, 2.45) is 16.8 Å². The molecule has 0 spiro atoms. The predicted octanol–water partition coefficient (Wildman–Crippen LogP) is 2.66. The second kappa shape index (κ2) is 16.1. The van der Waals surface area contributed by atoms with Crippen LogP contribution in [0.5, 0.6) is 0 Å². The summed E-state index contributed by atoms with van der Waals surface area (Å²) < 4.78 is 16.8. The molecule has 0 aromatic rings. The maximum Gasteiger partial charge on any atom is 0.190 e. The van der Waals surface area contributed by atoms with Crippen LogP contribution in [0, 0.1) is 11.8 Å². The van der Waals surface area contributed by atoms with Crippen molar-refractivity contribution >= 4 is 29.9 Å². The maximum atomic E-state index is 5.76. The van der Waals surface area contributed by atoms with Crippen molar-refractivity contribution in [3.63, 3.8) is 0 Å². The Balaban J connectivity index is 0.00000576. The summed E-state index contributed by atoms with van der Waals surface area (Å²) in [5.41, 5.74) is 0. The summed E-state index contributed by atoms with van der Waals surface area (Å²) in [7, 11) is 1.80. The Kier molecular flexibility index (Phi) is 16.0. The van der Waals surface area contributed by atoms with Gasteiger partial charge in [-0.15, -0.1) is 24.0 Å². The number of nitrogens with one attached hydrogen (secondary N) is 2. The molecular formula is C18H38IN3O3. The highest BCUT2D eigenvalue weighted by Gasteiger charge is 2.15. The monoisotopic (exact) mass is 471 g/mol. The highest BCUT2D eigenvalue weighted by atomic mass is 127. The van der Waals surface area contributed by atoms with E-state index in [1.54, 1.807) is 7.05 Å². The van der Waals surface area contributed by atoms with Crippen LogP contribution < -0.4 is 10.6 Å². The molecule has 2 unspecified atom stereocenters. The molecule has 0 aliphatic carbocycles. The fourth-order valence-corrected chi connectivity index (χ4v) is 2.72. The third-order valence-corrected chi connectivity index (χ3v) is 4.20. The van der Waals surface area contributed by atoms with E-state index in [9.17, 15) is 0 Å². The van der Waals surface area contributed by atoms with Crippen LogP contribution in [0.3, 0.4) is 0 Å². The maximum absolute atomic E-state index is 5.76. The molecule has 0 amide bonds. The SMILES string of the molecule is CCOC(CCNC(=NC)NCCCOCC1CCOC1)C(C)C.I. The molecular weight excluding hydrogens is 433 g/mol. The van der Waals surface area contributed by atoms with E-state index in [1.165, 1.54) is 0 Å². The number of hydrogen-bond acceptors (Lipinski definition) is 4. The van der Waals surface area contributed by atoms with Crippen LogP contribution in [0.4, 0.5) is 0 Å². The Labute approximate surface area is 170 Å². The lowest BCUT2D eigenvalue weighted by Gasteiger charge is -2.21. The molecule has 1 heterocycles. The van der Waals surface area contributed by atoms with Gasteiger partial charge in [0.15, 0.2) is 5.96 Å². The largest absolute Gasteiger partial charge is 0.381 e. The van der Waals surface area contributed by atoms with Crippen LogP contribution in [-0.2, 0) is 14.2 Å². The number of rotatable bonds is 12. The van der Waals surface area contributed by atoms with E-state index in [0.29, 0.717) is 17.9 Å². The molecule has 1 aliphatic heterocycles. The van der Waals surface area contributed by atoms with Crippen molar-refractivity contribution < 1.29 is 14.2 Å². The summed E-state index contributed by atoms with van der Waals surface area (Å²) in [4.78, 5) is 4.25. The first-order chi connectivity index (χ1) is 11.7. The minimum atomic E-state index is 0. The third kappa shape index (κ3) is 12.0. The van der Waals surface area contributed by atoms with E-state index in [4.69, 9.17) is 14.2 Å². The number of aliphatic imine (C=N–C) groups is 1. The van der Waals surface area contributed by atoms with E-state index in [-0.39, 0.29) is 24.0 Å². The number of hydrogen-bond donors (Lipinski definition) is 2. The first-order valence-electron chi connectivity index (χ1n) is 9.39. The van der Waals surface area contributed by atoms with Crippen LogP contribution >= 0.6 is 24.0 Å². The normalized spacial score (nSPS) is 18.9. The Morgan fingerprint density at radius 2 is 2.04 bits per heavy atom. The van der Waals surface area contributed by atoms with Gasteiger partial charge in [0.05, 0.1) is 19.3 Å². The molecule has 1 fully saturated rings. The highest BCUT2D eigenvalue weighted by Crippen LogP contribution is 2.12. The first kappa shape index (κ1) is 24.9. The topological polar surface area (TPSA) is 64.1 Å². The van der Waals surface area contributed by atoms with Crippen molar-refractivity contribution in [3.8, 4) is 0 Å². The number of halogens is 1. The van der Waals surface area contributed by atoms with Crippen LogP contribution in [-0.4, -0.2) is 65.2 Å². The number of ether oxygens (including phenoxy) is 3. The quantitative estimate of drug-likeness (QED) is 0.198. The molecule has 6 nitrogen and oxygen atoms in total. The lowest BCUT2D eigenvalue weighted by Crippen LogP contribution is -2.39. The summed E-state index contributed by atoms with van der Waals surface area (Å²) >= 11 is 0. The van der Waals surface area contributed by atoms with Crippen LogP contribution in [0.25, 0.3) is 0 Å². The zero-order chi connectivity index (χ0) is 17.6. The van der Waals surface area contributed by atoms with Crippen LogP contribution in [0.1, 0.15) is 40.0 Å². The van der Waals surface area contributed by atoms with Gasteiger partial charge in [0.2, 0.25) is 0 Å². The van der Waals surface area contributed by atoms with Gasteiger partial charge in [-0.3, -0.25) is 4.99 Å². The summed E-state index contributed by atoms with van der Waals surface area (Å²) in [6.07, 6.45) is 3.39. The lowest BCUT2D eigenvalue weighted by atomic mass is 10.0. The van der Waals surface area contributed by atoms with Gasteiger partial charge in [0.25, 0.3) is 0 Å². The molecule has 25 heavy (non-hydrogen) atoms. The van der Waals surface area contributed by atoms with Gasteiger partial charge in [-0.1, -0.05) is 13.8 Å². The summed E-state index contributed by atoms with van der Waals surface area (Å²) in [5, 5.41) is 6.68. The van der Waals surface area contributed by atoms with Gasteiger partial charge in [0.1, 0.15) is 0 Å². The Morgan fingerprint density at radius 3 is 2.64 bits per heavy atom. The fraction of sp³-hybridized carbons (Fsp3) is 0.944. The molecule has 0 saturated carbocycles. The fourth-order valence-electron chi connectivity index (χ4n) is 2.72. The van der Waals surface area contributed by atoms with Gasteiger partial charge in [0, 0.05) is 45.9 Å². The molecule has 0 radical (unpaired) electrons. The minimum absolute atomic E-state index is 0. The Hall–Kier alpha value is -0.120.